The number of ether oxygens (including phenoxy) is 2. The Hall–Kier alpha value is -2.83. The molecule has 3 aromatic rings. The summed E-state index contributed by atoms with van der Waals surface area (Å²) in [6, 6.07) is 20.9. The number of rotatable bonds is 8. The summed E-state index contributed by atoms with van der Waals surface area (Å²) in [4.78, 5) is 12.6. The lowest BCUT2D eigenvalue weighted by Gasteiger charge is -2.15. The van der Waals surface area contributed by atoms with Crippen molar-refractivity contribution in [2.45, 2.75) is 20.5 Å². The Morgan fingerprint density at radius 3 is 2.45 bits per heavy atom. The second kappa shape index (κ2) is 11.9. The first kappa shape index (κ1) is 24.8. The first-order chi connectivity index (χ1) is 15.9. The fourth-order valence-corrected chi connectivity index (χ4v) is 4.01. The third-order valence-corrected chi connectivity index (χ3v) is 5.94. The second-order valence-electron chi connectivity index (χ2n) is 7.17. The van der Waals surface area contributed by atoms with Gasteiger partial charge in [0.05, 0.1) is 10.2 Å². The molecule has 0 unspecified atom stereocenters. The topological polar surface area (TPSA) is 71.3 Å². The van der Waals surface area contributed by atoms with Gasteiger partial charge in [-0.05, 0) is 90.0 Å². The molecule has 0 bridgehead atoms. The summed E-state index contributed by atoms with van der Waals surface area (Å²) in [5.74, 6) is 0.717. The largest absolute Gasteiger partial charge is 0.490 e. The lowest BCUT2D eigenvalue weighted by atomic mass is 10.1. The number of benzene rings is 3. The van der Waals surface area contributed by atoms with Crippen molar-refractivity contribution in [2.75, 3.05) is 11.9 Å². The number of hydrogen-bond acceptors (Lipinski definition) is 4. The molecule has 0 saturated heterocycles. The summed E-state index contributed by atoms with van der Waals surface area (Å²) in [7, 11) is 0. The van der Waals surface area contributed by atoms with Gasteiger partial charge in [0.2, 0.25) is 0 Å². The molecule has 0 spiro atoms. The molecule has 3 rings (SSSR count). The average molecular weight is 617 g/mol. The van der Waals surface area contributed by atoms with Crippen LogP contribution in [0.25, 0.3) is 6.08 Å². The van der Waals surface area contributed by atoms with E-state index in [1.165, 1.54) is 5.56 Å². The first-order valence-electron chi connectivity index (χ1n) is 10.2. The normalized spacial score (nSPS) is 10.9. The van der Waals surface area contributed by atoms with Crippen LogP contribution in [-0.4, -0.2) is 12.5 Å². The van der Waals surface area contributed by atoms with E-state index in [2.05, 4.69) is 43.8 Å². The SMILES string of the molecule is CCOc1cc(/C=C(\C#N)C(=O)Nc2ccc(Br)cc2)cc(I)c1OCc1ccc(C)cc1. The van der Waals surface area contributed by atoms with Crippen LogP contribution < -0.4 is 14.8 Å². The van der Waals surface area contributed by atoms with Crippen molar-refractivity contribution in [1.29, 1.82) is 5.26 Å². The zero-order valence-corrected chi connectivity index (χ0v) is 21.9. The number of halogens is 2. The molecule has 0 radical (unpaired) electrons. The number of nitriles is 1. The van der Waals surface area contributed by atoms with Gasteiger partial charge in [0, 0.05) is 10.2 Å². The van der Waals surface area contributed by atoms with E-state index in [1.54, 1.807) is 24.3 Å². The fourth-order valence-electron chi connectivity index (χ4n) is 2.96. The third kappa shape index (κ3) is 7.07. The molecule has 5 nitrogen and oxygen atoms in total. The molecule has 0 heterocycles. The summed E-state index contributed by atoms with van der Waals surface area (Å²) in [5, 5.41) is 12.3. The maximum atomic E-state index is 12.6. The van der Waals surface area contributed by atoms with E-state index in [9.17, 15) is 10.1 Å². The van der Waals surface area contributed by atoms with E-state index in [4.69, 9.17) is 9.47 Å². The van der Waals surface area contributed by atoms with Gasteiger partial charge >= 0.3 is 0 Å². The molecule has 0 saturated carbocycles. The van der Waals surface area contributed by atoms with Gasteiger partial charge in [0.15, 0.2) is 11.5 Å². The number of nitrogens with one attached hydrogen (secondary N) is 1. The Morgan fingerprint density at radius 2 is 1.82 bits per heavy atom. The molecule has 0 aliphatic rings. The van der Waals surface area contributed by atoms with Crippen molar-refractivity contribution in [2.24, 2.45) is 0 Å². The van der Waals surface area contributed by atoms with E-state index in [0.29, 0.717) is 36.0 Å². The van der Waals surface area contributed by atoms with Crippen LogP contribution in [0.2, 0.25) is 0 Å². The van der Waals surface area contributed by atoms with Crippen LogP contribution >= 0.6 is 38.5 Å². The minimum atomic E-state index is -0.479. The van der Waals surface area contributed by atoms with E-state index in [0.717, 1.165) is 13.6 Å². The average Bonchev–Trinajstić information content (AvgIpc) is 2.79. The predicted molar refractivity (Wildman–Crippen MR) is 142 cm³/mol. The van der Waals surface area contributed by atoms with Gasteiger partial charge in [0.1, 0.15) is 18.2 Å². The summed E-state index contributed by atoms with van der Waals surface area (Å²) >= 11 is 5.53. The summed E-state index contributed by atoms with van der Waals surface area (Å²) in [6.45, 7) is 4.80. The summed E-state index contributed by atoms with van der Waals surface area (Å²) in [5.41, 5.74) is 3.52. The monoisotopic (exact) mass is 616 g/mol. The van der Waals surface area contributed by atoms with Crippen molar-refractivity contribution in [3.63, 3.8) is 0 Å². The van der Waals surface area contributed by atoms with Crippen LogP contribution in [0.3, 0.4) is 0 Å². The summed E-state index contributed by atoms with van der Waals surface area (Å²) < 4.78 is 13.6. The highest BCUT2D eigenvalue weighted by molar-refractivity contribution is 14.1. The molecule has 1 N–H and O–H groups in total. The van der Waals surface area contributed by atoms with Crippen LogP contribution in [0.4, 0.5) is 5.69 Å². The molecule has 0 atom stereocenters. The molecular formula is C26H22BrIN2O3. The Labute approximate surface area is 215 Å². The van der Waals surface area contributed by atoms with Crippen molar-refractivity contribution in [3.8, 4) is 17.6 Å². The molecule has 7 heteroatoms. The number of aryl methyl sites for hydroxylation is 1. The molecule has 0 aliphatic heterocycles. The first-order valence-corrected chi connectivity index (χ1v) is 12.1. The number of carbonyl (C=O) groups is 1. The van der Waals surface area contributed by atoms with Gasteiger partial charge in [0.25, 0.3) is 5.91 Å². The van der Waals surface area contributed by atoms with Crippen LogP contribution in [0.5, 0.6) is 11.5 Å². The Morgan fingerprint density at radius 1 is 1.12 bits per heavy atom. The number of anilines is 1. The lowest BCUT2D eigenvalue weighted by molar-refractivity contribution is -0.112. The van der Waals surface area contributed by atoms with E-state index in [1.807, 2.05) is 62.4 Å². The highest BCUT2D eigenvalue weighted by Crippen LogP contribution is 2.35. The van der Waals surface area contributed by atoms with Gasteiger partial charge < -0.3 is 14.8 Å². The summed E-state index contributed by atoms with van der Waals surface area (Å²) in [6.07, 6.45) is 1.54. The minimum Gasteiger partial charge on any atom is -0.490 e. The van der Waals surface area contributed by atoms with Gasteiger partial charge in [-0.3, -0.25) is 4.79 Å². The predicted octanol–water partition coefficient (Wildman–Crippen LogP) is 6.89. The maximum Gasteiger partial charge on any atom is 0.266 e. The van der Waals surface area contributed by atoms with Crippen LogP contribution in [-0.2, 0) is 11.4 Å². The quantitative estimate of drug-likeness (QED) is 0.170. The highest BCUT2D eigenvalue weighted by atomic mass is 127. The molecule has 0 aromatic heterocycles. The molecule has 0 aliphatic carbocycles. The number of nitrogens with zero attached hydrogens (tertiary/aromatic N) is 1. The lowest BCUT2D eigenvalue weighted by Crippen LogP contribution is -2.13. The van der Waals surface area contributed by atoms with Crippen LogP contribution in [0.15, 0.2) is 70.7 Å². The van der Waals surface area contributed by atoms with Crippen molar-refractivity contribution >= 4 is 56.2 Å². The molecule has 168 valence electrons. The molecule has 1 amide bonds. The minimum absolute atomic E-state index is 0.00973. The number of amides is 1. The van der Waals surface area contributed by atoms with Gasteiger partial charge in [-0.15, -0.1) is 0 Å². The van der Waals surface area contributed by atoms with Gasteiger partial charge in [-0.1, -0.05) is 45.8 Å². The van der Waals surface area contributed by atoms with Crippen molar-refractivity contribution < 1.29 is 14.3 Å². The smallest absolute Gasteiger partial charge is 0.266 e. The number of carbonyl (C=O) groups excluding carboxylic acids is 1. The Bertz CT molecular complexity index is 1200. The molecular weight excluding hydrogens is 595 g/mol. The zero-order chi connectivity index (χ0) is 23.8. The molecule has 0 fully saturated rings. The Kier molecular flexibility index (Phi) is 8.92. The molecule has 33 heavy (non-hydrogen) atoms. The van der Waals surface area contributed by atoms with Crippen LogP contribution in [0, 0.1) is 21.8 Å². The van der Waals surface area contributed by atoms with Crippen LogP contribution in [0.1, 0.15) is 23.6 Å². The fraction of sp³-hybridized carbons (Fsp3) is 0.154. The maximum absolute atomic E-state index is 12.6. The number of hydrogen-bond donors (Lipinski definition) is 1. The Balaban J connectivity index is 1.83. The van der Waals surface area contributed by atoms with Crippen molar-refractivity contribution in [3.05, 3.63) is 91.0 Å². The highest BCUT2D eigenvalue weighted by Gasteiger charge is 2.15. The van der Waals surface area contributed by atoms with Gasteiger partial charge in [-0.25, -0.2) is 0 Å². The molecule has 3 aromatic carbocycles. The van der Waals surface area contributed by atoms with Crippen molar-refractivity contribution in [1.82, 2.24) is 0 Å². The van der Waals surface area contributed by atoms with E-state index >= 15 is 0 Å². The third-order valence-electron chi connectivity index (χ3n) is 4.61. The standard InChI is InChI=1S/C26H22BrIN2O3/c1-3-32-24-14-19(12-20(15-29)26(31)30-22-10-8-21(27)9-11-22)13-23(28)25(24)33-16-18-6-4-17(2)5-7-18/h4-14H,3,16H2,1-2H3,(H,30,31)/b20-12+. The van der Waals surface area contributed by atoms with Gasteiger partial charge in [-0.2, -0.15) is 5.26 Å². The van der Waals surface area contributed by atoms with E-state index < -0.39 is 5.91 Å². The second-order valence-corrected chi connectivity index (χ2v) is 9.25. The zero-order valence-electron chi connectivity index (χ0n) is 18.2. The van der Waals surface area contributed by atoms with E-state index in [-0.39, 0.29) is 5.57 Å².